The molecule has 4 nitrogen and oxygen atoms in total. The van der Waals surface area contributed by atoms with E-state index in [0.29, 0.717) is 29.7 Å². The molecule has 0 aliphatic heterocycles. The number of aromatic hydroxyl groups is 1. The number of phenols is 1. The molecule has 1 aliphatic rings. The maximum atomic E-state index is 13.2. The van der Waals surface area contributed by atoms with Crippen molar-refractivity contribution in [2.45, 2.75) is 45.2 Å². The zero-order valence-corrected chi connectivity index (χ0v) is 16.3. The van der Waals surface area contributed by atoms with Crippen molar-refractivity contribution in [1.82, 2.24) is 4.98 Å². The van der Waals surface area contributed by atoms with Crippen LogP contribution in [0.15, 0.2) is 30.3 Å². The summed E-state index contributed by atoms with van der Waals surface area (Å²) in [6, 6.07) is 6.44. The molecule has 0 saturated carbocycles. The lowest BCUT2D eigenvalue weighted by molar-refractivity contribution is -0.137. The number of nitrogens with zero attached hydrogens (tertiary/aromatic N) is 1. The number of carbonyl (C=O) groups is 1. The van der Waals surface area contributed by atoms with Crippen molar-refractivity contribution < 1.29 is 27.8 Å². The van der Waals surface area contributed by atoms with Crippen molar-refractivity contribution in [2.75, 3.05) is 7.11 Å². The third-order valence-corrected chi connectivity index (χ3v) is 5.15. The summed E-state index contributed by atoms with van der Waals surface area (Å²) in [7, 11) is 1.27. The van der Waals surface area contributed by atoms with Crippen LogP contribution in [0.5, 0.6) is 5.75 Å². The quantitative estimate of drug-likeness (QED) is 0.658. The highest BCUT2D eigenvalue weighted by molar-refractivity contribution is 5.94. The van der Waals surface area contributed by atoms with Crippen molar-refractivity contribution in [2.24, 2.45) is 0 Å². The Morgan fingerprint density at radius 2 is 1.76 bits per heavy atom. The van der Waals surface area contributed by atoms with E-state index in [2.05, 4.69) is 4.98 Å². The van der Waals surface area contributed by atoms with Crippen molar-refractivity contribution in [1.29, 1.82) is 0 Å². The number of hydrogen-bond donors (Lipinski definition) is 1. The van der Waals surface area contributed by atoms with Gasteiger partial charge in [0.05, 0.1) is 18.4 Å². The summed E-state index contributed by atoms with van der Waals surface area (Å²) in [6.45, 7) is 1.74. The number of aromatic nitrogens is 1. The van der Waals surface area contributed by atoms with Crippen LogP contribution in [0.4, 0.5) is 13.2 Å². The van der Waals surface area contributed by atoms with Gasteiger partial charge < -0.3 is 9.84 Å². The molecule has 1 aromatic carbocycles. The first-order valence-electron chi connectivity index (χ1n) is 9.41. The molecule has 0 atom stereocenters. The molecular weight excluding hydrogens is 383 g/mol. The second kappa shape index (κ2) is 8.27. The number of benzene rings is 1. The van der Waals surface area contributed by atoms with E-state index in [4.69, 9.17) is 4.74 Å². The standard InChI is InChI=1S/C22H22F3NO3/c1-13-8-10-18(26-20(13)21(28)29-2)16-7-5-3-4-6-15(16)17-12-14(22(23,24)25)9-11-19(17)27/h8-12,27H,3-7H2,1-2H3. The zero-order chi connectivity index (χ0) is 21.2. The number of hydrogen-bond acceptors (Lipinski definition) is 4. The normalized spacial score (nSPS) is 15.2. The Morgan fingerprint density at radius 3 is 2.41 bits per heavy atom. The Kier molecular flexibility index (Phi) is 5.96. The third kappa shape index (κ3) is 4.44. The Hall–Kier alpha value is -2.83. The van der Waals surface area contributed by atoms with Crippen LogP contribution in [0.3, 0.4) is 0 Å². The van der Waals surface area contributed by atoms with Crippen molar-refractivity contribution in [3.63, 3.8) is 0 Å². The number of pyridine rings is 1. The molecule has 154 valence electrons. The molecule has 1 N–H and O–H groups in total. The molecule has 0 unspecified atom stereocenters. The third-order valence-electron chi connectivity index (χ3n) is 5.15. The van der Waals surface area contributed by atoms with E-state index in [9.17, 15) is 23.1 Å². The highest BCUT2D eigenvalue weighted by Gasteiger charge is 2.32. The summed E-state index contributed by atoms with van der Waals surface area (Å²) in [5, 5.41) is 10.3. The molecule has 0 fully saturated rings. The zero-order valence-electron chi connectivity index (χ0n) is 16.3. The Labute approximate surface area is 167 Å². The van der Waals surface area contributed by atoms with Gasteiger partial charge in [0.2, 0.25) is 0 Å². The fourth-order valence-electron chi connectivity index (χ4n) is 3.62. The van der Waals surface area contributed by atoms with Gasteiger partial charge in [0.25, 0.3) is 0 Å². The first kappa shape index (κ1) is 20.9. The SMILES string of the molecule is COC(=O)c1nc(C2=C(c3cc(C(F)(F)F)ccc3O)CCCCC2)ccc1C. The van der Waals surface area contributed by atoms with Crippen molar-refractivity contribution >= 4 is 17.1 Å². The minimum Gasteiger partial charge on any atom is -0.507 e. The summed E-state index contributed by atoms with van der Waals surface area (Å²) >= 11 is 0. The second-order valence-corrected chi connectivity index (χ2v) is 7.10. The van der Waals surface area contributed by atoms with Crippen LogP contribution >= 0.6 is 0 Å². The molecule has 3 rings (SSSR count). The van der Waals surface area contributed by atoms with E-state index >= 15 is 0 Å². The number of rotatable bonds is 3. The maximum absolute atomic E-state index is 13.2. The average Bonchev–Trinajstić information content (AvgIpc) is 2.93. The van der Waals surface area contributed by atoms with E-state index in [1.54, 1.807) is 19.1 Å². The first-order chi connectivity index (χ1) is 13.7. The van der Waals surface area contributed by atoms with E-state index < -0.39 is 17.7 Å². The van der Waals surface area contributed by atoms with Gasteiger partial charge in [-0.2, -0.15) is 13.2 Å². The topological polar surface area (TPSA) is 59.4 Å². The number of esters is 1. The lowest BCUT2D eigenvalue weighted by Crippen LogP contribution is -2.09. The fourth-order valence-corrected chi connectivity index (χ4v) is 3.62. The highest BCUT2D eigenvalue weighted by Crippen LogP contribution is 2.42. The minimum absolute atomic E-state index is 0.165. The molecule has 0 spiro atoms. The van der Waals surface area contributed by atoms with Gasteiger partial charge in [0.1, 0.15) is 5.75 Å². The summed E-state index contributed by atoms with van der Waals surface area (Å²) in [5.41, 5.74) is 2.09. The molecule has 7 heteroatoms. The van der Waals surface area contributed by atoms with E-state index in [0.717, 1.165) is 43.0 Å². The summed E-state index contributed by atoms with van der Waals surface area (Å²) in [4.78, 5) is 16.5. The van der Waals surface area contributed by atoms with Crippen LogP contribution in [0.25, 0.3) is 11.1 Å². The van der Waals surface area contributed by atoms with Gasteiger partial charge in [-0.25, -0.2) is 9.78 Å². The van der Waals surface area contributed by atoms with Gasteiger partial charge in [0.15, 0.2) is 5.69 Å². The fraction of sp³-hybridized carbons (Fsp3) is 0.364. The molecule has 1 heterocycles. The van der Waals surface area contributed by atoms with Crippen LogP contribution in [-0.4, -0.2) is 23.2 Å². The molecule has 0 radical (unpaired) electrons. The Bertz CT molecular complexity index is 964. The number of halogens is 3. The molecule has 0 saturated heterocycles. The molecule has 29 heavy (non-hydrogen) atoms. The number of ether oxygens (including phenoxy) is 1. The Balaban J connectivity index is 2.21. The highest BCUT2D eigenvalue weighted by atomic mass is 19.4. The van der Waals surface area contributed by atoms with Gasteiger partial charge in [-0.15, -0.1) is 0 Å². The second-order valence-electron chi connectivity index (χ2n) is 7.10. The summed E-state index contributed by atoms with van der Waals surface area (Å²) in [6.07, 6.45) is -0.822. The lowest BCUT2D eigenvalue weighted by Gasteiger charge is -2.17. The van der Waals surface area contributed by atoms with Crippen molar-refractivity contribution in [3.05, 3.63) is 58.4 Å². The van der Waals surface area contributed by atoms with Crippen LogP contribution < -0.4 is 0 Å². The number of phenolic OH excluding ortho intramolecular Hbond substituents is 1. The predicted octanol–water partition coefficient (Wildman–Crippen LogP) is 5.78. The lowest BCUT2D eigenvalue weighted by atomic mass is 9.91. The van der Waals surface area contributed by atoms with Gasteiger partial charge in [-0.05, 0) is 73.6 Å². The maximum Gasteiger partial charge on any atom is 0.416 e. The molecular formula is C22H22F3NO3. The van der Waals surface area contributed by atoms with Gasteiger partial charge in [0, 0.05) is 5.56 Å². The number of aryl methyl sites for hydroxylation is 1. The average molecular weight is 405 g/mol. The van der Waals surface area contributed by atoms with Crippen LogP contribution in [0.2, 0.25) is 0 Å². The van der Waals surface area contributed by atoms with Crippen LogP contribution in [-0.2, 0) is 10.9 Å². The smallest absolute Gasteiger partial charge is 0.416 e. The molecule has 0 amide bonds. The molecule has 0 bridgehead atoms. The number of carbonyl (C=O) groups excluding carboxylic acids is 1. The summed E-state index contributed by atoms with van der Waals surface area (Å²) < 4.78 is 44.5. The minimum atomic E-state index is -4.51. The summed E-state index contributed by atoms with van der Waals surface area (Å²) in [5.74, 6) is -0.769. The monoisotopic (exact) mass is 405 g/mol. The van der Waals surface area contributed by atoms with Crippen molar-refractivity contribution in [3.8, 4) is 5.75 Å². The van der Waals surface area contributed by atoms with Crippen LogP contribution in [0.1, 0.15) is 65.0 Å². The van der Waals surface area contributed by atoms with Gasteiger partial charge >= 0.3 is 12.1 Å². The van der Waals surface area contributed by atoms with E-state index in [1.807, 2.05) is 0 Å². The first-order valence-corrected chi connectivity index (χ1v) is 9.41. The molecule has 2 aromatic rings. The molecule has 1 aromatic heterocycles. The largest absolute Gasteiger partial charge is 0.507 e. The van der Waals surface area contributed by atoms with Gasteiger partial charge in [-0.3, -0.25) is 0 Å². The number of alkyl halides is 3. The van der Waals surface area contributed by atoms with Crippen LogP contribution in [0, 0.1) is 6.92 Å². The number of allylic oxidation sites excluding steroid dienone is 2. The predicted molar refractivity (Wildman–Crippen MR) is 103 cm³/mol. The molecule has 1 aliphatic carbocycles. The Morgan fingerprint density at radius 1 is 1.07 bits per heavy atom. The van der Waals surface area contributed by atoms with E-state index in [-0.39, 0.29) is 17.0 Å². The number of methoxy groups -OCH3 is 1. The van der Waals surface area contributed by atoms with Gasteiger partial charge in [-0.1, -0.05) is 12.5 Å². The van der Waals surface area contributed by atoms with E-state index in [1.165, 1.54) is 7.11 Å².